The minimum atomic E-state index is -4.07. The van der Waals surface area contributed by atoms with E-state index in [1.165, 1.54) is 0 Å². The van der Waals surface area contributed by atoms with Gasteiger partial charge in [0.25, 0.3) is 0 Å². The highest BCUT2D eigenvalue weighted by atomic mass is 19.4. The predicted octanol–water partition coefficient (Wildman–Crippen LogP) is 3.60. The van der Waals surface area contributed by atoms with Crippen LogP contribution < -0.4 is 5.32 Å². The van der Waals surface area contributed by atoms with Gasteiger partial charge in [0.05, 0.1) is 6.42 Å². The summed E-state index contributed by atoms with van der Waals surface area (Å²) in [7, 11) is 0. The van der Waals surface area contributed by atoms with E-state index in [1.807, 2.05) is 13.8 Å². The summed E-state index contributed by atoms with van der Waals surface area (Å²) in [5, 5.41) is 2.92. The normalized spacial score (nSPS) is 14.4. The molecule has 0 amide bonds. The topological polar surface area (TPSA) is 12.0 Å². The van der Waals surface area contributed by atoms with Crippen LogP contribution in [0.5, 0.6) is 0 Å². The summed E-state index contributed by atoms with van der Waals surface area (Å²) in [5.74, 6) is 0.00373. The molecule has 0 aliphatic carbocycles. The Balaban J connectivity index is 0. The zero-order valence-corrected chi connectivity index (χ0v) is 8.57. The van der Waals surface area contributed by atoms with Gasteiger partial charge in [-0.3, -0.25) is 0 Å². The van der Waals surface area contributed by atoms with Crippen molar-refractivity contribution in [2.24, 2.45) is 5.92 Å². The highest BCUT2D eigenvalue weighted by Gasteiger charge is 2.33. The second-order valence-corrected chi connectivity index (χ2v) is 3.99. The van der Waals surface area contributed by atoms with Crippen LogP contribution in [0, 0.1) is 5.92 Å². The van der Waals surface area contributed by atoms with Crippen LogP contribution in [0.25, 0.3) is 0 Å². The largest absolute Gasteiger partial charge is 0.390 e. The van der Waals surface area contributed by atoms with Crippen LogP contribution in [-0.4, -0.2) is 18.3 Å². The average Bonchev–Trinajstić information content (AvgIpc) is 1.81. The van der Waals surface area contributed by atoms with Crippen LogP contribution in [0.4, 0.5) is 13.2 Å². The maximum atomic E-state index is 12.1. The summed E-state index contributed by atoms with van der Waals surface area (Å²) in [6, 6.07) is -0.380. The molecule has 1 N–H and O–H groups in total. The van der Waals surface area contributed by atoms with Crippen LogP contribution in [0.1, 0.15) is 41.5 Å². The van der Waals surface area contributed by atoms with Crippen molar-refractivity contribution in [3.8, 4) is 0 Å². The van der Waals surface area contributed by atoms with Crippen LogP contribution in [0.3, 0.4) is 0 Å². The number of halogens is 3. The van der Waals surface area contributed by atoms with Gasteiger partial charge < -0.3 is 5.32 Å². The third-order valence-corrected chi connectivity index (χ3v) is 1.80. The third-order valence-electron chi connectivity index (χ3n) is 1.80. The highest BCUT2D eigenvalue weighted by Crippen LogP contribution is 2.24. The van der Waals surface area contributed by atoms with Crippen molar-refractivity contribution < 1.29 is 13.2 Å². The van der Waals surface area contributed by atoms with Crippen molar-refractivity contribution in [3.05, 3.63) is 0 Å². The van der Waals surface area contributed by atoms with E-state index in [2.05, 4.69) is 5.32 Å². The first-order chi connectivity index (χ1) is 5.72. The minimum Gasteiger partial charge on any atom is -0.311 e. The van der Waals surface area contributed by atoms with Crippen molar-refractivity contribution in [1.82, 2.24) is 5.32 Å². The molecule has 0 aromatic carbocycles. The van der Waals surface area contributed by atoms with Gasteiger partial charge in [-0.25, -0.2) is 0 Å². The van der Waals surface area contributed by atoms with E-state index in [4.69, 9.17) is 0 Å². The Hall–Kier alpha value is -0.250. The summed E-state index contributed by atoms with van der Waals surface area (Å²) < 4.78 is 36.2. The quantitative estimate of drug-likeness (QED) is 0.752. The summed E-state index contributed by atoms with van der Waals surface area (Å²) >= 11 is 0. The fraction of sp³-hybridized carbons (Fsp3) is 1.00. The van der Waals surface area contributed by atoms with Gasteiger partial charge in [0.15, 0.2) is 0 Å². The molecule has 0 fully saturated rings. The first-order valence-electron chi connectivity index (χ1n) is 4.55. The molecule has 1 unspecified atom stereocenters. The Kier molecular flexibility index (Phi) is 7.26. The van der Waals surface area contributed by atoms with E-state index < -0.39 is 18.6 Å². The molecular formula is C10H22F3N. The van der Waals surface area contributed by atoms with E-state index in [0.717, 1.165) is 0 Å². The van der Waals surface area contributed by atoms with E-state index in [0.29, 0.717) is 0 Å². The molecular weight excluding hydrogens is 191 g/mol. The van der Waals surface area contributed by atoms with Crippen LogP contribution >= 0.6 is 0 Å². The van der Waals surface area contributed by atoms with E-state index in [-0.39, 0.29) is 19.4 Å². The molecule has 1 nitrogen and oxygen atoms in total. The summed E-state index contributed by atoms with van der Waals surface area (Å²) in [6.45, 7) is 7.30. The molecule has 88 valence electrons. The van der Waals surface area contributed by atoms with Crippen molar-refractivity contribution >= 4 is 0 Å². The Labute approximate surface area is 85.1 Å². The average molecular weight is 213 g/mol. The number of hydrogen-bond donors (Lipinski definition) is 1. The number of alkyl halides is 3. The van der Waals surface area contributed by atoms with Gasteiger partial charge in [0.2, 0.25) is 0 Å². The molecule has 0 aliphatic rings. The van der Waals surface area contributed by atoms with Gasteiger partial charge in [-0.1, -0.05) is 35.1 Å². The van der Waals surface area contributed by atoms with Gasteiger partial charge in [0, 0.05) is 12.1 Å². The second kappa shape index (κ2) is 6.27. The maximum Gasteiger partial charge on any atom is 0.390 e. The first kappa shape index (κ1) is 16.2. The molecule has 0 bridgehead atoms. The van der Waals surface area contributed by atoms with Crippen molar-refractivity contribution in [2.75, 3.05) is 0 Å². The molecule has 0 aliphatic heterocycles. The number of hydrogen-bond acceptors (Lipinski definition) is 1. The fourth-order valence-electron chi connectivity index (χ4n) is 1.16. The highest BCUT2D eigenvalue weighted by molar-refractivity contribution is 4.75. The van der Waals surface area contributed by atoms with E-state index >= 15 is 0 Å². The minimum absolute atomic E-state index is 0. The standard InChI is InChI=1S/C9H18F3N.CH4/c1-6(2)8(13-7(3)4)5-9(10,11)12;/h6-8,13H,5H2,1-4H3;1H4. The lowest BCUT2D eigenvalue weighted by Crippen LogP contribution is -2.41. The Bertz CT molecular complexity index is 141. The lowest BCUT2D eigenvalue weighted by atomic mass is 10.00. The van der Waals surface area contributed by atoms with Crippen molar-refractivity contribution in [2.45, 2.75) is 59.8 Å². The molecule has 0 rings (SSSR count). The Morgan fingerprint density at radius 1 is 1.07 bits per heavy atom. The number of rotatable bonds is 4. The summed E-state index contributed by atoms with van der Waals surface area (Å²) in [5.41, 5.74) is 0. The van der Waals surface area contributed by atoms with Crippen molar-refractivity contribution in [1.29, 1.82) is 0 Å². The molecule has 0 saturated carbocycles. The lowest BCUT2D eigenvalue weighted by Gasteiger charge is -2.25. The molecule has 4 heteroatoms. The summed E-state index contributed by atoms with van der Waals surface area (Å²) in [4.78, 5) is 0. The van der Waals surface area contributed by atoms with Gasteiger partial charge >= 0.3 is 6.18 Å². The SMILES string of the molecule is C.CC(C)NC(CC(F)(F)F)C(C)C. The molecule has 0 heterocycles. The van der Waals surface area contributed by atoms with Crippen LogP contribution in [-0.2, 0) is 0 Å². The van der Waals surface area contributed by atoms with Gasteiger partial charge in [0.1, 0.15) is 0 Å². The molecule has 0 aromatic rings. The van der Waals surface area contributed by atoms with E-state index in [9.17, 15) is 13.2 Å². The summed E-state index contributed by atoms with van der Waals surface area (Å²) in [6.07, 6.45) is -4.82. The Morgan fingerprint density at radius 2 is 1.50 bits per heavy atom. The molecule has 0 aromatic heterocycles. The third kappa shape index (κ3) is 8.35. The number of nitrogens with one attached hydrogen (secondary N) is 1. The van der Waals surface area contributed by atoms with Crippen molar-refractivity contribution in [3.63, 3.8) is 0 Å². The molecule has 1 atom stereocenters. The fourth-order valence-corrected chi connectivity index (χ4v) is 1.16. The smallest absolute Gasteiger partial charge is 0.311 e. The molecule has 0 radical (unpaired) electrons. The first-order valence-corrected chi connectivity index (χ1v) is 4.55. The predicted molar refractivity (Wildman–Crippen MR) is 54.3 cm³/mol. The lowest BCUT2D eigenvalue weighted by molar-refractivity contribution is -0.142. The zero-order chi connectivity index (χ0) is 10.6. The molecule has 0 saturated heterocycles. The molecule has 14 heavy (non-hydrogen) atoms. The maximum absolute atomic E-state index is 12.1. The monoisotopic (exact) mass is 213 g/mol. The van der Waals surface area contributed by atoms with Gasteiger partial charge in [-0.05, 0) is 5.92 Å². The van der Waals surface area contributed by atoms with Crippen LogP contribution in [0.15, 0.2) is 0 Å². The van der Waals surface area contributed by atoms with E-state index in [1.54, 1.807) is 13.8 Å². The van der Waals surface area contributed by atoms with Gasteiger partial charge in [-0.2, -0.15) is 13.2 Å². The Morgan fingerprint density at radius 3 is 1.71 bits per heavy atom. The molecule has 0 spiro atoms. The van der Waals surface area contributed by atoms with Crippen LogP contribution in [0.2, 0.25) is 0 Å². The zero-order valence-electron chi connectivity index (χ0n) is 8.57. The second-order valence-electron chi connectivity index (χ2n) is 3.99. The van der Waals surface area contributed by atoms with Gasteiger partial charge in [-0.15, -0.1) is 0 Å².